The molecule has 3 rings (SSSR count). The number of nitrogens with zero attached hydrogens (tertiary/aromatic N) is 2. The molecule has 2 fully saturated rings. The fourth-order valence-corrected chi connectivity index (χ4v) is 3.15. The largest absolute Gasteiger partial charge is 0.314 e. The van der Waals surface area contributed by atoms with Gasteiger partial charge in [0.25, 0.3) is 0 Å². The molecule has 0 spiro atoms. The maximum absolute atomic E-state index is 3.63. The molecule has 21 heavy (non-hydrogen) atoms. The number of hydrogen-bond donors (Lipinski definition) is 1. The molecule has 0 radical (unpaired) electrons. The second kappa shape index (κ2) is 7.39. The van der Waals surface area contributed by atoms with Gasteiger partial charge in [0.1, 0.15) is 0 Å². The van der Waals surface area contributed by atoms with E-state index in [4.69, 9.17) is 0 Å². The third-order valence-corrected chi connectivity index (χ3v) is 4.73. The molecule has 1 saturated heterocycles. The highest BCUT2D eigenvalue weighted by atomic mass is 15.2. The fraction of sp³-hybridized carbons (Fsp3) is 0.667. The molecule has 1 heterocycles. The number of nitrogens with one attached hydrogen (secondary N) is 1. The summed E-state index contributed by atoms with van der Waals surface area (Å²) in [5.41, 5.74) is 3.06. The van der Waals surface area contributed by atoms with Gasteiger partial charge >= 0.3 is 0 Å². The van der Waals surface area contributed by atoms with Crippen LogP contribution in [0.5, 0.6) is 0 Å². The van der Waals surface area contributed by atoms with Gasteiger partial charge in [-0.15, -0.1) is 0 Å². The highest BCUT2D eigenvalue weighted by Crippen LogP contribution is 2.19. The van der Waals surface area contributed by atoms with Crippen molar-refractivity contribution >= 4 is 0 Å². The van der Waals surface area contributed by atoms with Crippen LogP contribution in [0.4, 0.5) is 0 Å². The van der Waals surface area contributed by atoms with Gasteiger partial charge in [0.2, 0.25) is 0 Å². The quantitative estimate of drug-likeness (QED) is 0.864. The first-order chi connectivity index (χ1) is 10.3. The monoisotopic (exact) mass is 287 g/mol. The van der Waals surface area contributed by atoms with Crippen molar-refractivity contribution < 1.29 is 0 Å². The Balaban J connectivity index is 1.55. The summed E-state index contributed by atoms with van der Waals surface area (Å²) in [6.45, 7) is 7.12. The summed E-state index contributed by atoms with van der Waals surface area (Å²) in [5, 5.41) is 3.63. The lowest BCUT2D eigenvalue weighted by Gasteiger charge is -2.22. The van der Waals surface area contributed by atoms with Crippen LogP contribution in [0.25, 0.3) is 0 Å². The number of rotatable bonds is 6. The molecule has 1 aromatic rings. The standard InChI is InChI=1S/C18H29N3/c1-20-11-4-12-21(14-13-20)15-17-6-3-2-5-16(17)9-10-19-18-7-8-18/h2-3,5-6,18-19H,4,7-15H2,1H3. The zero-order valence-electron chi connectivity index (χ0n) is 13.4. The van der Waals surface area contributed by atoms with Crippen LogP contribution in [0.2, 0.25) is 0 Å². The smallest absolute Gasteiger partial charge is 0.0237 e. The molecule has 0 aromatic heterocycles. The van der Waals surface area contributed by atoms with Gasteiger partial charge < -0.3 is 10.2 Å². The van der Waals surface area contributed by atoms with Crippen LogP contribution in [-0.2, 0) is 13.0 Å². The molecule has 2 aliphatic rings. The predicted molar refractivity (Wildman–Crippen MR) is 88.6 cm³/mol. The first-order valence-corrected chi connectivity index (χ1v) is 8.52. The lowest BCUT2D eigenvalue weighted by molar-refractivity contribution is 0.268. The van der Waals surface area contributed by atoms with E-state index in [1.807, 2.05) is 0 Å². The normalized spacial score (nSPS) is 21.4. The van der Waals surface area contributed by atoms with Crippen molar-refractivity contribution in [1.82, 2.24) is 15.1 Å². The van der Waals surface area contributed by atoms with Gasteiger partial charge in [-0.2, -0.15) is 0 Å². The summed E-state index contributed by atoms with van der Waals surface area (Å²) < 4.78 is 0. The summed E-state index contributed by atoms with van der Waals surface area (Å²) >= 11 is 0. The first-order valence-electron chi connectivity index (χ1n) is 8.52. The summed E-state index contributed by atoms with van der Waals surface area (Å²) in [6, 6.07) is 9.83. The topological polar surface area (TPSA) is 18.5 Å². The molecule has 116 valence electrons. The van der Waals surface area contributed by atoms with E-state index in [-0.39, 0.29) is 0 Å². The Morgan fingerprint density at radius 3 is 2.67 bits per heavy atom. The van der Waals surface area contributed by atoms with Crippen LogP contribution in [0.15, 0.2) is 24.3 Å². The van der Waals surface area contributed by atoms with E-state index >= 15 is 0 Å². The molecule has 0 atom stereocenters. The molecule has 1 aliphatic heterocycles. The van der Waals surface area contributed by atoms with Gasteiger partial charge in [0, 0.05) is 25.7 Å². The Bertz CT molecular complexity index is 442. The zero-order chi connectivity index (χ0) is 14.5. The highest BCUT2D eigenvalue weighted by molar-refractivity contribution is 5.27. The van der Waals surface area contributed by atoms with Gasteiger partial charge in [0.05, 0.1) is 0 Å². The van der Waals surface area contributed by atoms with Gasteiger partial charge in [-0.05, 0) is 63.5 Å². The Kier molecular flexibility index (Phi) is 5.28. The van der Waals surface area contributed by atoms with Crippen molar-refractivity contribution in [2.45, 2.75) is 38.3 Å². The Morgan fingerprint density at radius 2 is 1.86 bits per heavy atom. The van der Waals surface area contributed by atoms with Crippen molar-refractivity contribution in [2.24, 2.45) is 0 Å². The summed E-state index contributed by atoms with van der Waals surface area (Å²) in [6.07, 6.45) is 5.22. The third kappa shape index (κ3) is 4.80. The number of benzene rings is 1. The molecule has 1 N–H and O–H groups in total. The van der Waals surface area contributed by atoms with Crippen molar-refractivity contribution in [3.63, 3.8) is 0 Å². The zero-order valence-corrected chi connectivity index (χ0v) is 13.4. The van der Waals surface area contributed by atoms with Crippen molar-refractivity contribution in [3.05, 3.63) is 35.4 Å². The predicted octanol–water partition coefficient (Wildman–Crippen LogP) is 2.12. The van der Waals surface area contributed by atoms with E-state index in [0.717, 1.165) is 19.1 Å². The summed E-state index contributed by atoms with van der Waals surface area (Å²) in [5.74, 6) is 0. The SMILES string of the molecule is CN1CCCN(Cc2ccccc2CCNC2CC2)CC1. The molecule has 3 heteroatoms. The lowest BCUT2D eigenvalue weighted by atomic mass is 10.0. The number of likely N-dealkylation sites (N-methyl/N-ethyl adjacent to an activating group) is 1. The van der Waals surface area contributed by atoms with Crippen LogP contribution >= 0.6 is 0 Å². The van der Waals surface area contributed by atoms with E-state index < -0.39 is 0 Å². The van der Waals surface area contributed by atoms with Gasteiger partial charge in [-0.1, -0.05) is 24.3 Å². The van der Waals surface area contributed by atoms with Crippen LogP contribution in [-0.4, -0.2) is 55.6 Å². The maximum atomic E-state index is 3.63. The van der Waals surface area contributed by atoms with Crippen molar-refractivity contribution in [2.75, 3.05) is 39.8 Å². The van der Waals surface area contributed by atoms with Gasteiger partial charge in [-0.3, -0.25) is 4.90 Å². The molecule has 1 saturated carbocycles. The highest BCUT2D eigenvalue weighted by Gasteiger charge is 2.20. The summed E-state index contributed by atoms with van der Waals surface area (Å²) in [4.78, 5) is 5.07. The van der Waals surface area contributed by atoms with Crippen molar-refractivity contribution in [1.29, 1.82) is 0 Å². The van der Waals surface area contributed by atoms with Gasteiger partial charge in [0.15, 0.2) is 0 Å². The van der Waals surface area contributed by atoms with Crippen LogP contribution in [0.3, 0.4) is 0 Å². The maximum Gasteiger partial charge on any atom is 0.0237 e. The van der Waals surface area contributed by atoms with E-state index in [9.17, 15) is 0 Å². The second-order valence-corrected chi connectivity index (χ2v) is 6.68. The average molecular weight is 287 g/mol. The Morgan fingerprint density at radius 1 is 1.05 bits per heavy atom. The van der Waals surface area contributed by atoms with Crippen LogP contribution in [0.1, 0.15) is 30.4 Å². The van der Waals surface area contributed by atoms with Crippen molar-refractivity contribution in [3.8, 4) is 0 Å². The fourth-order valence-electron chi connectivity index (χ4n) is 3.15. The molecule has 0 bridgehead atoms. The minimum Gasteiger partial charge on any atom is -0.314 e. The summed E-state index contributed by atoms with van der Waals surface area (Å²) in [7, 11) is 2.24. The van der Waals surface area contributed by atoms with Crippen LogP contribution in [0, 0.1) is 0 Å². The third-order valence-electron chi connectivity index (χ3n) is 4.73. The molecular formula is C18H29N3. The van der Waals surface area contributed by atoms with E-state index in [1.54, 1.807) is 0 Å². The van der Waals surface area contributed by atoms with E-state index in [0.29, 0.717) is 0 Å². The van der Waals surface area contributed by atoms with Crippen LogP contribution < -0.4 is 5.32 Å². The minimum absolute atomic E-state index is 0.818. The van der Waals surface area contributed by atoms with E-state index in [2.05, 4.69) is 46.4 Å². The molecule has 0 amide bonds. The first kappa shape index (κ1) is 15.0. The Hall–Kier alpha value is -0.900. The molecular weight excluding hydrogens is 258 g/mol. The minimum atomic E-state index is 0.818. The number of hydrogen-bond acceptors (Lipinski definition) is 3. The molecule has 1 aliphatic carbocycles. The molecule has 0 unspecified atom stereocenters. The second-order valence-electron chi connectivity index (χ2n) is 6.68. The molecule has 3 nitrogen and oxygen atoms in total. The lowest BCUT2D eigenvalue weighted by Crippen LogP contribution is -2.29. The molecule has 1 aromatic carbocycles. The average Bonchev–Trinajstić information content (AvgIpc) is 3.31. The Labute approximate surface area is 129 Å². The van der Waals surface area contributed by atoms with Gasteiger partial charge in [-0.25, -0.2) is 0 Å². The van der Waals surface area contributed by atoms with E-state index in [1.165, 1.54) is 63.0 Å².